The number of nitrogens with zero attached hydrogens (tertiary/aromatic N) is 6. The van der Waals surface area contributed by atoms with E-state index in [-0.39, 0.29) is 31.3 Å². The molecule has 5 heterocycles. The Morgan fingerprint density at radius 3 is 1.57 bits per heavy atom. The van der Waals surface area contributed by atoms with Crippen LogP contribution in [0, 0.1) is 13.8 Å². The first-order chi connectivity index (χ1) is 27.9. The van der Waals surface area contributed by atoms with Gasteiger partial charge in [-0.25, -0.2) is 10.0 Å². The van der Waals surface area contributed by atoms with E-state index in [9.17, 15) is 9.59 Å². The van der Waals surface area contributed by atoms with Crippen LogP contribution in [0.4, 0.5) is 11.4 Å². The zero-order valence-corrected chi connectivity index (χ0v) is 41.6. The van der Waals surface area contributed by atoms with Gasteiger partial charge in [0.2, 0.25) is 0 Å². The first-order valence-electron chi connectivity index (χ1n) is 20.9. The summed E-state index contributed by atoms with van der Waals surface area (Å²) < 4.78 is 37.0. The van der Waals surface area contributed by atoms with Crippen molar-refractivity contribution in [1.82, 2.24) is 10.0 Å². The lowest BCUT2D eigenvalue weighted by molar-refractivity contribution is -0.139. The highest BCUT2D eigenvalue weighted by molar-refractivity contribution is 9.10. The van der Waals surface area contributed by atoms with Gasteiger partial charge in [0.25, 0.3) is 11.8 Å². The summed E-state index contributed by atoms with van der Waals surface area (Å²) >= 11 is 3.56. The van der Waals surface area contributed by atoms with Gasteiger partial charge in [0.05, 0.1) is 22.6 Å². The summed E-state index contributed by atoms with van der Waals surface area (Å²) in [5, 5.41) is 11.9. The van der Waals surface area contributed by atoms with Crippen LogP contribution >= 0.6 is 15.9 Å². The third-order valence-electron chi connectivity index (χ3n) is 11.8. The number of rotatable bonds is 11. The zero-order valence-electron chi connectivity index (χ0n) is 38.0. The lowest BCUT2D eigenvalue weighted by Gasteiger charge is -2.41. The Labute approximate surface area is 367 Å². The average molecular weight is 928 g/mol. The molecule has 2 amide bonds. The molecule has 60 heavy (non-hydrogen) atoms. The number of hydrogen-bond donors (Lipinski definition) is 0. The molecule has 0 radical (unpaired) electrons. The number of hydrazone groups is 2. The van der Waals surface area contributed by atoms with Crippen LogP contribution in [-0.2, 0) is 28.4 Å². The number of carbonyl (C=O) groups is 2. The van der Waals surface area contributed by atoms with Crippen molar-refractivity contribution in [2.24, 2.45) is 10.2 Å². The van der Waals surface area contributed by atoms with Crippen LogP contribution in [0.2, 0.25) is 51.4 Å². The van der Waals surface area contributed by atoms with E-state index in [0.29, 0.717) is 32.3 Å². The zero-order chi connectivity index (χ0) is 44.1. The second kappa shape index (κ2) is 17.5. The van der Waals surface area contributed by atoms with E-state index >= 15 is 0 Å². The molecule has 0 saturated carbocycles. The van der Waals surface area contributed by atoms with Crippen LogP contribution in [0.25, 0.3) is 0 Å². The van der Waals surface area contributed by atoms with Gasteiger partial charge in [0.1, 0.15) is 50.3 Å². The van der Waals surface area contributed by atoms with Crippen molar-refractivity contribution >= 4 is 79.5 Å². The number of benzene rings is 2. The lowest BCUT2D eigenvalue weighted by atomic mass is 9.75. The molecule has 1 saturated heterocycles. The van der Waals surface area contributed by atoms with Gasteiger partial charge in [-0.1, -0.05) is 55.2 Å². The Morgan fingerprint density at radius 2 is 1.13 bits per heavy atom. The Balaban J connectivity index is 0.000000209. The van der Waals surface area contributed by atoms with Crippen molar-refractivity contribution in [2.75, 3.05) is 49.7 Å². The first-order valence-corrected chi connectivity index (χ1v) is 29.2. The monoisotopic (exact) mass is 926 g/mol. The number of amidine groups is 2. The lowest BCUT2D eigenvalue weighted by Crippen LogP contribution is -2.57. The fourth-order valence-corrected chi connectivity index (χ4v) is 9.00. The summed E-state index contributed by atoms with van der Waals surface area (Å²) in [5.74, 6) is 2.78. The van der Waals surface area contributed by atoms with Crippen molar-refractivity contribution in [3.63, 3.8) is 0 Å². The molecule has 0 aliphatic carbocycles. The fourth-order valence-electron chi connectivity index (χ4n) is 7.16. The average Bonchev–Trinajstić information content (AvgIpc) is 3.37. The summed E-state index contributed by atoms with van der Waals surface area (Å²) in [7, 11) is -2.84. The summed E-state index contributed by atoms with van der Waals surface area (Å²) in [5.41, 5.74) is 3.84. The third kappa shape index (κ3) is 10.00. The standard InChI is InChI=1S/C24H38BN3O5Si.C18H26BrN3O3Si/c1-16-12-20-19(13-18(16)25-32-23(3,4)24(5,6)33-25)28-17(2)22(29)27(26-21(28)14-31-20)15-30-10-11-34(7,8)9;1-12-8-16-15(9-14(12)19)22-13(2)18(23)21(20-17(22)10-25-16)11-24-6-7-26(3,4)5/h12-13,17H,10-11,14-15H2,1-9H3;8-9,13H,6-7,10-11H2,1-5H3. The highest BCUT2D eigenvalue weighted by atomic mass is 79.9. The minimum absolute atomic E-state index is 0.0636. The minimum Gasteiger partial charge on any atom is -0.483 e. The maximum atomic E-state index is 13.2. The van der Waals surface area contributed by atoms with Crippen LogP contribution in [0.3, 0.4) is 0 Å². The van der Waals surface area contributed by atoms with Gasteiger partial charge in [-0.15, -0.1) is 0 Å². The molecule has 5 aliphatic heterocycles. The molecule has 2 unspecified atom stereocenters. The third-order valence-corrected chi connectivity index (χ3v) is 16.0. The van der Waals surface area contributed by atoms with E-state index in [0.717, 1.165) is 61.9 Å². The molecule has 0 aromatic heterocycles. The number of carbonyl (C=O) groups excluding carboxylic acids is 2. The Morgan fingerprint density at radius 1 is 0.717 bits per heavy atom. The van der Waals surface area contributed by atoms with Crippen LogP contribution in [0.15, 0.2) is 38.9 Å². The van der Waals surface area contributed by atoms with Gasteiger partial charge in [-0.2, -0.15) is 10.2 Å². The molecule has 1 fully saturated rings. The largest absolute Gasteiger partial charge is 0.495 e. The van der Waals surface area contributed by atoms with Crippen molar-refractivity contribution in [1.29, 1.82) is 0 Å². The summed E-state index contributed by atoms with van der Waals surface area (Å²) in [6, 6.07) is 9.33. The molecular weight excluding hydrogens is 863 g/mol. The number of anilines is 2. The quantitative estimate of drug-likeness (QED) is 0.169. The second-order valence-electron chi connectivity index (χ2n) is 19.7. The molecule has 14 nitrogen and oxygen atoms in total. The summed E-state index contributed by atoms with van der Waals surface area (Å²) in [6.07, 6.45) is 0. The SMILES string of the molecule is Cc1cc2c(cc1B1OC(C)(C)C(C)(C)O1)N1C(=NN(COCC[Si](C)(C)C)C(=O)C1C)CO2.Cc1cc2c(cc1Br)N1C(=NN(COCC[Si](C)(C)C)C(=O)C1C)CO2. The number of fused-ring (bicyclic) bond motifs is 6. The van der Waals surface area contributed by atoms with Crippen molar-refractivity contribution in [2.45, 2.75) is 130 Å². The molecule has 7 rings (SSSR count). The molecule has 2 aromatic rings. The van der Waals surface area contributed by atoms with Crippen LogP contribution in [-0.4, -0.2) is 120 Å². The Bertz CT molecular complexity index is 2020. The molecule has 2 atom stereocenters. The maximum Gasteiger partial charge on any atom is 0.495 e. The normalized spacial score (nSPS) is 21.8. The molecular formula is C42H64BBrN6O8Si2. The molecule has 5 aliphatic rings. The summed E-state index contributed by atoms with van der Waals surface area (Å²) in [4.78, 5) is 29.9. The highest BCUT2D eigenvalue weighted by Gasteiger charge is 2.52. The minimum atomic E-state index is -1.19. The predicted molar refractivity (Wildman–Crippen MR) is 247 cm³/mol. The number of halogens is 1. The van der Waals surface area contributed by atoms with E-state index in [2.05, 4.69) is 65.4 Å². The van der Waals surface area contributed by atoms with E-state index in [1.54, 1.807) is 0 Å². The van der Waals surface area contributed by atoms with Gasteiger partial charge >= 0.3 is 7.12 Å². The van der Waals surface area contributed by atoms with Gasteiger partial charge < -0.3 is 38.1 Å². The Kier molecular flexibility index (Phi) is 13.5. The van der Waals surface area contributed by atoms with Crippen LogP contribution in [0.5, 0.6) is 11.5 Å². The maximum absolute atomic E-state index is 13.2. The van der Waals surface area contributed by atoms with Crippen molar-refractivity contribution in [3.8, 4) is 11.5 Å². The van der Waals surface area contributed by atoms with Crippen molar-refractivity contribution < 1.29 is 37.8 Å². The second-order valence-corrected chi connectivity index (χ2v) is 31.8. The summed E-state index contributed by atoms with van der Waals surface area (Å²) in [6.45, 7) is 32.1. The molecule has 0 bridgehead atoms. The van der Waals surface area contributed by atoms with Gasteiger partial charge in [0.15, 0.2) is 11.7 Å². The topological polar surface area (TPSA) is 127 Å². The first kappa shape index (κ1) is 46.2. The van der Waals surface area contributed by atoms with Gasteiger partial charge in [0, 0.05) is 33.8 Å². The number of ether oxygens (including phenoxy) is 4. The molecule has 18 heteroatoms. The van der Waals surface area contributed by atoms with Crippen molar-refractivity contribution in [3.05, 3.63) is 39.9 Å². The predicted octanol–water partition coefficient (Wildman–Crippen LogP) is 7.16. The van der Waals surface area contributed by atoms with E-state index in [4.69, 9.17) is 28.3 Å². The number of hydrogen-bond acceptors (Lipinski definition) is 12. The van der Waals surface area contributed by atoms with E-state index in [1.165, 1.54) is 10.0 Å². The van der Waals surface area contributed by atoms with E-state index in [1.807, 2.05) is 89.5 Å². The molecule has 2 aromatic carbocycles. The fraction of sp³-hybridized carbons (Fsp3) is 0.619. The number of aryl methyl sites for hydroxylation is 2. The smallest absolute Gasteiger partial charge is 0.483 e. The molecule has 0 N–H and O–H groups in total. The van der Waals surface area contributed by atoms with Crippen LogP contribution in [0.1, 0.15) is 52.7 Å². The molecule has 328 valence electrons. The van der Waals surface area contributed by atoms with Crippen LogP contribution < -0.4 is 24.7 Å². The molecule has 0 spiro atoms. The Hall–Kier alpha value is -3.26. The van der Waals surface area contributed by atoms with E-state index < -0.39 is 40.5 Å². The van der Waals surface area contributed by atoms with Gasteiger partial charge in [-0.05, 0) is 108 Å². The van der Waals surface area contributed by atoms with Gasteiger partial charge in [-0.3, -0.25) is 9.59 Å². The number of amides is 2. The highest BCUT2D eigenvalue weighted by Crippen LogP contribution is 2.41.